The molecule has 0 bridgehead atoms. The van der Waals surface area contributed by atoms with Crippen LogP contribution in [-0.4, -0.2) is 9.91 Å². The Balaban J connectivity index is 2.52. The van der Waals surface area contributed by atoms with Crippen LogP contribution in [0.5, 0.6) is 11.6 Å². The van der Waals surface area contributed by atoms with E-state index < -0.39 is 10.6 Å². The Bertz CT molecular complexity index is 774. The molecule has 0 N–H and O–H groups in total. The van der Waals surface area contributed by atoms with Gasteiger partial charge in [0.05, 0.1) is 20.5 Å². The highest BCUT2D eigenvalue weighted by Crippen LogP contribution is 2.39. The van der Waals surface area contributed by atoms with Gasteiger partial charge in [-0.1, -0.05) is 34.8 Å². The molecule has 0 aliphatic rings. The van der Waals surface area contributed by atoms with Crippen molar-refractivity contribution in [3.63, 3.8) is 0 Å². The number of aromatic nitrogens is 1. The zero-order chi connectivity index (χ0) is 15.6. The lowest BCUT2D eigenvalue weighted by Gasteiger charge is -2.08. The van der Waals surface area contributed by atoms with Gasteiger partial charge in [-0.3, -0.25) is 10.1 Å². The van der Waals surface area contributed by atoms with Crippen LogP contribution in [0.25, 0.3) is 0 Å². The Morgan fingerprint density at radius 2 is 1.95 bits per heavy atom. The Labute approximate surface area is 133 Å². The van der Waals surface area contributed by atoms with E-state index in [0.717, 1.165) is 6.07 Å². The number of nitriles is 1. The summed E-state index contributed by atoms with van der Waals surface area (Å²) in [5, 5.41) is 19.9. The molecule has 9 heteroatoms. The molecule has 0 fully saturated rings. The first kappa shape index (κ1) is 15.3. The average molecular weight is 345 g/mol. The van der Waals surface area contributed by atoms with Crippen molar-refractivity contribution in [1.82, 2.24) is 4.98 Å². The van der Waals surface area contributed by atoms with Gasteiger partial charge in [-0.15, -0.1) is 0 Å². The predicted molar refractivity (Wildman–Crippen MR) is 77.2 cm³/mol. The lowest BCUT2D eigenvalue weighted by Crippen LogP contribution is -1.96. The summed E-state index contributed by atoms with van der Waals surface area (Å²) in [6.07, 6.45) is 1.29. The van der Waals surface area contributed by atoms with E-state index in [1.807, 2.05) is 6.07 Å². The fourth-order valence-electron chi connectivity index (χ4n) is 1.43. The molecule has 21 heavy (non-hydrogen) atoms. The topological polar surface area (TPSA) is 89.0 Å². The lowest BCUT2D eigenvalue weighted by molar-refractivity contribution is -0.385. The highest BCUT2D eigenvalue weighted by molar-refractivity contribution is 6.42. The van der Waals surface area contributed by atoms with Gasteiger partial charge in [0.1, 0.15) is 11.1 Å². The molecule has 0 amide bonds. The molecule has 0 unspecified atom stereocenters. The van der Waals surface area contributed by atoms with Crippen molar-refractivity contribution in [2.45, 2.75) is 0 Å². The summed E-state index contributed by atoms with van der Waals surface area (Å²) in [6, 6.07) is 5.47. The molecule has 0 saturated carbocycles. The Morgan fingerprint density at radius 1 is 1.29 bits per heavy atom. The van der Waals surface area contributed by atoms with Crippen molar-refractivity contribution in [3.05, 3.63) is 55.1 Å². The molecule has 106 valence electrons. The number of rotatable bonds is 3. The maximum absolute atomic E-state index is 11.0. The number of ether oxygens (including phenoxy) is 1. The number of nitro benzene ring substituents is 1. The van der Waals surface area contributed by atoms with Crippen molar-refractivity contribution in [3.8, 4) is 17.7 Å². The predicted octanol–water partition coefficient (Wildman–Crippen LogP) is 4.61. The first-order valence-corrected chi connectivity index (χ1v) is 6.43. The molecule has 0 radical (unpaired) electrons. The first-order valence-electron chi connectivity index (χ1n) is 5.30. The second kappa shape index (κ2) is 6.14. The average Bonchev–Trinajstić information content (AvgIpc) is 2.44. The minimum Gasteiger partial charge on any atom is -0.430 e. The second-order valence-corrected chi connectivity index (χ2v) is 4.88. The van der Waals surface area contributed by atoms with Crippen LogP contribution in [0.15, 0.2) is 24.4 Å². The van der Waals surface area contributed by atoms with Crippen molar-refractivity contribution < 1.29 is 9.66 Å². The summed E-state index contributed by atoms with van der Waals surface area (Å²) in [4.78, 5) is 14.2. The molecule has 0 aliphatic heterocycles. The summed E-state index contributed by atoms with van der Waals surface area (Å²) in [6.45, 7) is 0. The van der Waals surface area contributed by atoms with Crippen LogP contribution in [0, 0.1) is 21.4 Å². The highest BCUT2D eigenvalue weighted by atomic mass is 35.5. The van der Waals surface area contributed by atoms with Crippen LogP contribution >= 0.6 is 34.8 Å². The van der Waals surface area contributed by atoms with Gasteiger partial charge in [-0.05, 0) is 6.07 Å². The van der Waals surface area contributed by atoms with Crippen molar-refractivity contribution in [2.24, 2.45) is 0 Å². The third kappa shape index (κ3) is 3.16. The summed E-state index contributed by atoms with van der Waals surface area (Å²) in [7, 11) is 0. The second-order valence-electron chi connectivity index (χ2n) is 3.68. The molecule has 0 aliphatic carbocycles. The zero-order valence-corrected chi connectivity index (χ0v) is 12.3. The molecule has 1 aromatic carbocycles. The molecule has 2 rings (SSSR count). The van der Waals surface area contributed by atoms with E-state index in [4.69, 9.17) is 44.8 Å². The van der Waals surface area contributed by atoms with Crippen LogP contribution < -0.4 is 4.74 Å². The standard InChI is InChI=1S/C12H4Cl3N3O3/c13-7-3-9(18(19)20)10(4-8(7)14)21-12-11(15)6(5-16)1-2-17-12/h1-4H. The minimum absolute atomic E-state index is 0.0144. The summed E-state index contributed by atoms with van der Waals surface area (Å²) in [5.74, 6) is -0.323. The van der Waals surface area contributed by atoms with Gasteiger partial charge in [-0.25, -0.2) is 4.98 Å². The molecule has 1 heterocycles. The molecule has 0 atom stereocenters. The van der Waals surface area contributed by atoms with Crippen molar-refractivity contribution in [1.29, 1.82) is 5.26 Å². The van der Waals surface area contributed by atoms with E-state index in [1.54, 1.807) is 0 Å². The fourth-order valence-corrected chi connectivity index (χ4v) is 1.93. The van der Waals surface area contributed by atoms with Gasteiger partial charge in [0.2, 0.25) is 11.6 Å². The number of benzene rings is 1. The summed E-state index contributed by atoms with van der Waals surface area (Å²) >= 11 is 17.5. The SMILES string of the molecule is N#Cc1ccnc(Oc2cc(Cl)c(Cl)cc2[N+](=O)[O-])c1Cl. The largest absolute Gasteiger partial charge is 0.430 e. The van der Waals surface area contributed by atoms with E-state index >= 15 is 0 Å². The Morgan fingerprint density at radius 3 is 2.57 bits per heavy atom. The fraction of sp³-hybridized carbons (Fsp3) is 0. The lowest BCUT2D eigenvalue weighted by atomic mass is 10.3. The quantitative estimate of drug-likeness (QED) is 0.599. The van der Waals surface area contributed by atoms with Gasteiger partial charge in [0.15, 0.2) is 0 Å². The first-order chi connectivity index (χ1) is 9.93. The van der Waals surface area contributed by atoms with Crippen LogP contribution in [0.1, 0.15) is 5.56 Å². The number of nitro groups is 1. The number of hydrogen-bond acceptors (Lipinski definition) is 5. The normalized spacial score (nSPS) is 10.0. The van der Waals surface area contributed by atoms with E-state index in [-0.39, 0.29) is 32.3 Å². The third-order valence-electron chi connectivity index (χ3n) is 2.38. The number of pyridine rings is 1. The van der Waals surface area contributed by atoms with E-state index in [9.17, 15) is 10.1 Å². The smallest absolute Gasteiger partial charge is 0.313 e. The van der Waals surface area contributed by atoms with Crippen LogP contribution in [0.3, 0.4) is 0 Å². The Kier molecular flexibility index (Phi) is 4.48. The van der Waals surface area contributed by atoms with Crippen LogP contribution in [-0.2, 0) is 0 Å². The number of nitrogens with zero attached hydrogens (tertiary/aromatic N) is 3. The minimum atomic E-state index is -0.681. The number of hydrogen-bond donors (Lipinski definition) is 0. The summed E-state index contributed by atoms with van der Waals surface area (Å²) in [5.41, 5.74) is -0.269. The molecular formula is C12H4Cl3N3O3. The van der Waals surface area contributed by atoms with Gasteiger partial charge in [-0.2, -0.15) is 5.26 Å². The molecular weight excluding hydrogens is 341 g/mol. The van der Waals surface area contributed by atoms with Crippen molar-refractivity contribution in [2.75, 3.05) is 0 Å². The van der Waals surface area contributed by atoms with Gasteiger partial charge < -0.3 is 4.74 Å². The summed E-state index contributed by atoms with van der Waals surface area (Å²) < 4.78 is 5.30. The van der Waals surface area contributed by atoms with Gasteiger partial charge in [0, 0.05) is 18.3 Å². The monoisotopic (exact) mass is 343 g/mol. The molecule has 0 spiro atoms. The molecule has 2 aromatic rings. The van der Waals surface area contributed by atoms with Crippen molar-refractivity contribution >= 4 is 40.5 Å². The van der Waals surface area contributed by atoms with E-state index in [2.05, 4.69) is 4.98 Å². The maximum Gasteiger partial charge on any atom is 0.313 e. The van der Waals surface area contributed by atoms with Crippen LogP contribution in [0.2, 0.25) is 15.1 Å². The molecule has 6 nitrogen and oxygen atoms in total. The maximum atomic E-state index is 11.0. The third-order valence-corrected chi connectivity index (χ3v) is 3.47. The highest BCUT2D eigenvalue weighted by Gasteiger charge is 2.21. The Hall–Kier alpha value is -2.07. The van der Waals surface area contributed by atoms with Gasteiger partial charge >= 0.3 is 5.69 Å². The molecule has 0 saturated heterocycles. The molecule has 1 aromatic heterocycles. The van der Waals surface area contributed by atoms with E-state index in [1.165, 1.54) is 18.3 Å². The number of halogens is 3. The van der Waals surface area contributed by atoms with Gasteiger partial charge in [0.25, 0.3) is 0 Å². The van der Waals surface area contributed by atoms with Crippen LogP contribution in [0.4, 0.5) is 5.69 Å². The van der Waals surface area contributed by atoms with E-state index in [0.29, 0.717) is 0 Å². The zero-order valence-electron chi connectivity index (χ0n) is 10.0.